The van der Waals surface area contributed by atoms with Gasteiger partial charge in [-0.3, -0.25) is 4.79 Å². The van der Waals surface area contributed by atoms with Crippen molar-refractivity contribution in [1.29, 1.82) is 0 Å². The van der Waals surface area contributed by atoms with Crippen LogP contribution in [-0.4, -0.2) is 25.1 Å². The molecular formula is C19H18N2O4. The van der Waals surface area contributed by atoms with Gasteiger partial charge in [-0.2, -0.15) is 0 Å². The predicted octanol–water partition coefficient (Wildman–Crippen LogP) is 3.98. The summed E-state index contributed by atoms with van der Waals surface area (Å²) in [4.78, 5) is 15.5. The van der Waals surface area contributed by atoms with Crippen LogP contribution in [0.2, 0.25) is 0 Å². The van der Waals surface area contributed by atoms with Gasteiger partial charge in [-0.1, -0.05) is 0 Å². The van der Waals surface area contributed by atoms with E-state index in [1.165, 1.54) is 13.3 Å². The van der Waals surface area contributed by atoms with Crippen molar-refractivity contribution in [3.8, 4) is 34.1 Å². The molecule has 3 rings (SSSR count). The van der Waals surface area contributed by atoms with Gasteiger partial charge >= 0.3 is 0 Å². The molecular weight excluding hydrogens is 320 g/mol. The lowest BCUT2D eigenvalue weighted by molar-refractivity contribution is -0.114. The van der Waals surface area contributed by atoms with Gasteiger partial charge in [0.2, 0.25) is 5.91 Å². The maximum atomic E-state index is 11.1. The molecule has 0 saturated carbocycles. The first-order valence-electron chi connectivity index (χ1n) is 7.65. The third kappa shape index (κ3) is 3.63. The molecule has 1 N–H and O–H groups in total. The molecule has 0 spiro atoms. The Morgan fingerprint density at radius 2 is 1.64 bits per heavy atom. The zero-order valence-corrected chi connectivity index (χ0v) is 14.2. The number of hydrogen-bond donors (Lipinski definition) is 1. The molecule has 0 aliphatic heterocycles. The molecule has 0 fully saturated rings. The molecule has 25 heavy (non-hydrogen) atoms. The fourth-order valence-electron chi connectivity index (χ4n) is 2.51. The van der Waals surface area contributed by atoms with Gasteiger partial charge in [0.1, 0.15) is 17.2 Å². The number of aromatic nitrogens is 1. The minimum Gasteiger partial charge on any atom is -0.497 e. The molecule has 0 saturated heterocycles. The summed E-state index contributed by atoms with van der Waals surface area (Å²) in [6.45, 7) is 1.47. The Bertz CT molecular complexity index is 862. The van der Waals surface area contributed by atoms with E-state index >= 15 is 0 Å². The smallest absolute Gasteiger partial charge is 0.221 e. The summed E-state index contributed by atoms with van der Waals surface area (Å²) in [7, 11) is 3.20. The van der Waals surface area contributed by atoms with Gasteiger partial charge in [0.15, 0.2) is 12.2 Å². The lowest BCUT2D eigenvalue weighted by Gasteiger charge is -2.08. The second kappa shape index (κ2) is 7.09. The van der Waals surface area contributed by atoms with Crippen LogP contribution < -0.4 is 14.8 Å². The van der Waals surface area contributed by atoms with Crippen molar-refractivity contribution >= 4 is 11.6 Å². The Balaban J connectivity index is 1.99. The number of methoxy groups -OCH3 is 2. The summed E-state index contributed by atoms with van der Waals surface area (Å²) in [5.41, 5.74) is 3.08. The normalized spacial score (nSPS) is 10.4. The van der Waals surface area contributed by atoms with Crippen molar-refractivity contribution in [1.82, 2.24) is 4.98 Å². The summed E-state index contributed by atoms with van der Waals surface area (Å²) in [5, 5.41) is 2.74. The number of nitrogens with zero attached hydrogens (tertiary/aromatic N) is 1. The number of rotatable bonds is 5. The molecule has 0 unspecified atom stereocenters. The van der Waals surface area contributed by atoms with Crippen molar-refractivity contribution < 1.29 is 18.7 Å². The number of carbonyl (C=O) groups is 1. The second-order valence-electron chi connectivity index (χ2n) is 5.39. The van der Waals surface area contributed by atoms with Crippen LogP contribution in [0, 0.1) is 0 Å². The summed E-state index contributed by atoms with van der Waals surface area (Å²) < 4.78 is 16.2. The monoisotopic (exact) mass is 338 g/mol. The van der Waals surface area contributed by atoms with Crippen LogP contribution in [0.3, 0.4) is 0 Å². The first kappa shape index (κ1) is 16.6. The van der Waals surface area contributed by atoms with E-state index in [4.69, 9.17) is 13.9 Å². The van der Waals surface area contributed by atoms with Crippen LogP contribution >= 0.6 is 0 Å². The minimum atomic E-state index is -0.114. The Morgan fingerprint density at radius 3 is 2.20 bits per heavy atom. The molecule has 0 bridgehead atoms. The van der Waals surface area contributed by atoms with Gasteiger partial charge in [-0.25, -0.2) is 4.98 Å². The Hall–Kier alpha value is -3.28. The van der Waals surface area contributed by atoms with E-state index in [-0.39, 0.29) is 5.91 Å². The number of benzene rings is 2. The number of carbonyl (C=O) groups excluding carboxylic acids is 1. The fraction of sp³-hybridized carbons (Fsp3) is 0.158. The Kier molecular flexibility index (Phi) is 4.70. The van der Waals surface area contributed by atoms with E-state index in [0.717, 1.165) is 16.8 Å². The lowest BCUT2D eigenvalue weighted by Crippen LogP contribution is -2.05. The highest BCUT2D eigenvalue weighted by Gasteiger charge is 2.15. The first-order chi connectivity index (χ1) is 12.1. The van der Waals surface area contributed by atoms with Crippen LogP contribution in [0.1, 0.15) is 6.92 Å². The third-order valence-corrected chi connectivity index (χ3v) is 3.66. The molecule has 6 nitrogen and oxygen atoms in total. The van der Waals surface area contributed by atoms with Crippen LogP contribution in [0.25, 0.3) is 22.6 Å². The van der Waals surface area contributed by atoms with Gasteiger partial charge in [0, 0.05) is 29.8 Å². The van der Waals surface area contributed by atoms with E-state index in [2.05, 4.69) is 10.3 Å². The first-order valence-corrected chi connectivity index (χ1v) is 7.65. The fourth-order valence-corrected chi connectivity index (χ4v) is 2.51. The number of nitrogens with one attached hydrogen (secondary N) is 1. The highest BCUT2D eigenvalue weighted by Crippen LogP contribution is 2.35. The van der Waals surface area contributed by atoms with E-state index in [9.17, 15) is 4.79 Å². The zero-order chi connectivity index (χ0) is 17.8. The highest BCUT2D eigenvalue weighted by atomic mass is 16.5. The molecule has 0 atom stereocenters. The van der Waals surface area contributed by atoms with Crippen molar-refractivity contribution in [2.45, 2.75) is 6.92 Å². The molecule has 2 aromatic carbocycles. The van der Waals surface area contributed by atoms with Gasteiger partial charge in [0.25, 0.3) is 0 Å². The predicted molar refractivity (Wildman–Crippen MR) is 94.8 cm³/mol. The summed E-state index contributed by atoms with van der Waals surface area (Å²) in [6.07, 6.45) is 1.40. The van der Waals surface area contributed by atoms with Gasteiger partial charge in [-0.15, -0.1) is 0 Å². The van der Waals surface area contributed by atoms with E-state index in [1.54, 1.807) is 20.3 Å². The molecule has 6 heteroatoms. The van der Waals surface area contributed by atoms with Gasteiger partial charge in [-0.05, 0) is 36.4 Å². The van der Waals surface area contributed by atoms with Gasteiger partial charge in [0.05, 0.1) is 14.2 Å². The minimum absolute atomic E-state index is 0.114. The molecule has 0 aliphatic rings. The number of anilines is 1. The van der Waals surface area contributed by atoms with E-state index in [1.807, 2.05) is 36.4 Å². The van der Waals surface area contributed by atoms with Crippen molar-refractivity contribution in [2.24, 2.45) is 0 Å². The highest BCUT2D eigenvalue weighted by molar-refractivity contribution is 5.89. The Labute approximate surface area is 145 Å². The quantitative estimate of drug-likeness (QED) is 0.761. The van der Waals surface area contributed by atoms with Gasteiger partial charge < -0.3 is 19.2 Å². The average molecular weight is 338 g/mol. The molecule has 3 aromatic rings. The standard InChI is InChI=1S/C19H18N2O4/c1-12(22)21-15-6-4-13(5-7-15)19-18(20-11-25-19)14-8-16(23-2)10-17(9-14)24-3/h4-11H,1-3H3,(H,21,22). The second-order valence-corrected chi connectivity index (χ2v) is 5.39. The summed E-state index contributed by atoms with van der Waals surface area (Å²) in [5.74, 6) is 1.86. The average Bonchev–Trinajstić information content (AvgIpc) is 3.11. The van der Waals surface area contributed by atoms with Crippen LogP contribution in [0.4, 0.5) is 5.69 Å². The van der Waals surface area contributed by atoms with Crippen molar-refractivity contribution in [3.05, 3.63) is 48.9 Å². The Morgan fingerprint density at radius 1 is 1.00 bits per heavy atom. The molecule has 1 heterocycles. The largest absolute Gasteiger partial charge is 0.497 e. The number of amides is 1. The number of ether oxygens (including phenoxy) is 2. The molecule has 1 aromatic heterocycles. The number of hydrogen-bond acceptors (Lipinski definition) is 5. The van der Waals surface area contributed by atoms with Crippen molar-refractivity contribution in [3.63, 3.8) is 0 Å². The summed E-state index contributed by atoms with van der Waals surface area (Å²) >= 11 is 0. The molecule has 0 aliphatic carbocycles. The van der Waals surface area contributed by atoms with Crippen LogP contribution in [0.5, 0.6) is 11.5 Å². The topological polar surface area (TPSA) is 73.6 Å². The maximum absolute atomic E-state index is 11.1. The van der Waals surface area contributed by atoms with Crippen LogP contribution in [0.15, 0.2) is 53.3 Å². The molecule has 1 amide bonds. The lowest BCUT2D eigenvalue weighted by atomic mass is 10.0. The van der Waals surface area contributed by atoms with E-state index in [0.29, 0.717) is 23.0 Å². The number of oxazole rings is 1. The SMILES string of the molecule is COc1cc(OC)cc(-c2ncoc2-c2ccc(NC(C)=O)cc2)c1. The van der Waals surface area contributed by atoms with E-state index < -0.39 is 0 Å². The molecule has 0 radical (unpaired) electrons. The zero-order valence-electron chi connectivity index (χ0n) is 14.2. The maximum Gasteiger partial charge on any atom is 0.221 e. The molecule has 128 valence electrons. The van der Waals surface area contributed by atoms with Crippen molar-refractivity contribution in [2.75, 3.05) is 19.5 Å². The summed E-state index contributed by atoms with van der Waals surface area (Å²) in [6, 6.07) is 12.9. The third-order valence-electron chi connectivity index (χ3n) is 3.66. The van der Waals surface area contributed by atoms with Crippen LogP contribution in [-0.2, 0) is 4.79 Å².